The average Bonchev–Trinajstić information content (AvgIpc) is 2.67. The van der Waals surface area contributed by atoms with Crippen LogP contribution in [0, 0.1) is 6.92 Å². The highest BCUT2D eigenvalue weighted by atomic mass is 16.5. The first-order valence-corrected chi connectivity index (χ1v) is 8.25. The number of aryl methyl sites for hydroxylation is 1. The van der Waals surface area contributed by atoms with E-state index in [9.17, 15) is 9.59 Å². The summed E-state index contributed by atoms with van der Waals surface area (Å²) >= 11 is 0. The molecule has 0 spiro atoms. The first kappa shape index (κ1) is 18.3. The Balaban J connectivity index is 1.80. The van der Waals surface area contributed by atoms with Crippen molar-refractivity contribution in [3.63, 3.8) is 0 Å². The molecule has 3 rings (SSSR count). The number of nitrogens with one attached hydrogen (secondary N) is 1. The lowest BCUT2D eigenvalue weighted by Gasteiger charge is -2.09. The van der Waals surface area contributed by atoms with E-state index in [0.29, 0.717) is 33.7 Å². The number of carbonyl (C=O) groups excluding carboxylic acids is 1. The van der Waals surface area contributed by atoms with Crippen LogP contribution in [0.25, 0.3) is 17.0 Å². The molecule has 0 bridgehead atoms. The molecule has 0 saturated heterocycles. The highest BCUT2D eigenvalue weighted by molar-refractivity contribution is 6.02. The van der Waals surface area contributed by atoms with Gasteiger partial charge in [-0.2, -0.15) is 0 Å². The SMILES string of the molecule is COc1ccc(NC(=O)/C=C/c2coc3ccc(C)cc3c2=O)cc1OC. The molecule has 0 unspecified atom stereocenters. The number of methoxy groups -OCH3 is 2. The van der Waals surface area contributed by atoms with Crippen LogP contribution in [0.3, 0.4) is 0 Å². The smallest absolute Gasteiger partial charge is 0.248 e. The summed E-state index contributed by atoms with van der Waals surface area (Å²) in [5.74, 6) is 0.686. The second-order valence-corrected chi connectivity index (χ2v) is 5.91. The van der Waals surface area contributed by atoms with Gasteiger partial charge < -0.3 is 19.2 Å². The van der Waals surface area contributed by atoms with E-state index < -0.39 is 0 Å². The molecule has 0 fully saturated rings. The molecule has 0 aliphatic heterocycles. The van der Waals surface area contributed by atoms with Gasteiger partial charge in [-0.15, -0.1) is 0 Å². The molecule has 1 heterocycles. The summed E-state index contributed by atoms with van der Waals surface area (Å²) in [4.78, 5) is 24.7. The second-order valence-electron chi connectivity index (χ2n) is 5.91. The first-order valence-electron chi connectivity index (χ1n) is 8.25. The Morgan fingerprint density at radius 2 is 1.85 bits per heavy atom. The van der Waals surface area contributed by atoms with E-state index >= 15 is 0 Å². The molecule has 6 heteroatoms. The Morgan fingerprint density at radius 1 is 1.07 bits per heavy atom. The molecule has 1 amide bonds. The monoisotopic (exact) mass is 365 g/mol. The van der Waals surface area contributed by atoms with E-state index in [-0.39, 0.29) is 11.3 Å². The minimum atomic E-state index is -0.383. The van der Waals surface area contributed by atoms with Gasteiger partial charge >= 0.3 is 0 Å². The third-order valence-electron chi connectivity index (χ3n) is 4.02. The van der Waals surface area contributed by atoms with Crippen LogP contribution in [0.15, 0.2) is 57.9 Å². The lowest BCUT2D eigenvalue weighted by atomic mass is 10.1. The maximum Gasteiger partial charge on any atom is 0.248 e. The maximum absolute atomic E-state index is 12.5. The molecule has 138 valence electrons. The normalized spacial score (nSPS) is 10.9. The molecule has 0 aliphatic carbocycles. The summed E-state index contributed by atoms with van der Waals surface area (Å²) in [7, 11) is 3.06. The summed E-state index contributed by atoms with van der Waals surface area (Å²) in [5.41, 5.74) is 2.13. The molecule has 0 saturated carbocycles. The molecule has 1 aromatic heterocycles. The fourth-order valence-corrected chi connectivity index (χ4v) is 2.64. The molecule has 3 aromatic rings. The van der Waals surface area contributed by atoms with E-state index in [1.165, 1.54) is 32.6 Å². The largest absolute Gasteiger partial charge is 0.493 e. The Morgan fingerprint density at radius 3 is 2.59 bits per heavy atom. The van der Waals surface area contributed by atoms with Gasteiger partial charge in [0.1, 0.15) is 11.8 Å². The van der Waals surface area contributed by atoms with Gasteiger partial charge in [0, 0.05) is 17.8 Å². The third-order valence-corrected chi connectivity index (χ3v) is 4.02. The molecule has 0 atom stereocenters. The molecule has 6 nitrogen and oxygen atoms in total. The van der Waals surface area contributed by atoms with Gasteiger partial charge in [-0.25, -0.2) is 0 Å². The van der Waals surface area contributed by atoms with Gasteiger partial charge in [0.05, 0.1) is 25.2 Å². The Hall–Kier alpha value is -3.54. The van der Waals surface area contributed by atoms with Crippen LogP contribution < -0.4 is 20.2 Å². The van der Waals surface area contributed by atoms with Crippen molar-refractivity contribution < 1.29 is 18.7 Å². The number of hydrogen-bond donors (Lipinski definition) is 1. The van der Waals surface area contributed by atoms with Crippen molar-refractivity contribution in [2.75, 3.05) is 19.5 Å². The third kappa shape index (κ3) is 4.00. The minimum absolute atomic E-state index is 0.185. The van der Waals surface area contributed by atoms with Crippen molar-refractivity contribution in [3.8, 4) is 11.5 Å². The number of anilines is 1. The number of benzene rings is 2. The van der Waals surface area contributed by atoms with Crippen LogP contribution in [0.2, 0.25) is 0 Å². The average molecular weight is 365 g/mol. The molecule has 1 N–H and O–H groups in total. The number of rotatable bonds is 5. The van der Waals surface area contributed by atoms with Crippen molar-refractivity contribution in [2.45, 2.75) is 6.92 Å². The quantitative estimate of drug-likeness (QED) is 0.697. The van der Waals surface area contributed by atoms with Gasteiger partial charge in [-0.05, 0) is 37.3 Å². The standard InChI is InChI=1S/C21H19NO5/c1-13-4-7-17-16(10-13)21(24)14(12-27-17)5-9-20(23)22-15-6-8-18(25-2)19(11-15)26-3/h4-12H,1-3H3,(H,22,23)/b9-5+. The summed E-state index contributed by atoms with van der Waals surface area (Å²) in [6.45, 7) is 1.90. The van der Waals surface area contributed by atoms with Gasteiger partial charge in [-0.3, -0.25) is 9.59 Å². The summed E-state index contributed by atoms with van der Waals surface area (Å²) in [6, 6.07) is 10.4. The molecule has 0 radical (unpaired) electrons. The van der Waals surface area contributed by atoms with Crippen LogP contribution in [0.4, 0.5) is 5.69 Å². The summed E-state index contributed by atoms with van der Waals surface area (Å²) < 4.78 is 15.8. The van der Waals surface area contributed by atoms with Crippen molar-refractivity contribution in [1.29, 1.82) is 0 Å². The van der Waals surface area contributed by atoms with Gasteiger partial charge in [0.25, 0.3) is 0 Å². The highest BCUT2D eigenvalue weighted by Gasteiger charge is 2.08. The lowest BCUT2D eigenvalue weighted by molar-refractivity contribution is -0.111. The van der Waals surface area contributed by atoms with Gasteiger partial charge in [-0.1, -0.05) is 11.6 Å². The fraction of sp³-hybridized carbons (Fsp3) is 0.143. The predicted octanol–water partition coefficient (Wildman–Crippen LogP) is 3.77. The topological polar surface area (TPSA) is 77.8 Å². The van der Waals surface area contributed by atoms with E-state index in [2.05, 4.69) is 5.32 Å². The lowest BCUT2D eigenvalue weighted by Crippen LogP contribution is -2.09. The minimum Gasteiger partial charge on any atom is -0.493 e. The fourth-order valence-electron chi connectivity index (χ4n) is 2.64. The van der Waals surface area contributed by atoms with E-state index in [4.69, 9.17) is 13.9 Å². The Labute approximate surface area is 156 Å². The Bertz CT molecular complexity index is 1080. The Kier molecular flexibility index (Phi) is 5.26. The predicted molar refractivity (Wildman–Crippen MR) is 104 cm³/mol. The van der Waals surface area contributed by atoms with Crippen LogP contribution in [0.1, 0.15) is 11.1 Å². The van der Waals surface area contributed by atoms with Crippen molar-refractivity contribution in [1.82, 2.24) is 0 Å². The maximum atomic E-state index is 12.5. The zero-order valence-electron chi connectivity index (χ0n) is 15.2. The van der Waals surface area contributed by atoms with Crippen LogP contribution in [-0.4, -0.2) is 20.1 Å². The second kappa shape index (κ2) is 7.78. The van der Waals surface area contributed by atoms with E-state index in [1.807, 2.05) is 13.0 Å². The molecular formula is C21H19NO5. The summed E-state index contributed by atoms with van der Waals surface area (Å²) in [5, 5.41) is 3.19. The molecule has 2 aromatic carbocycles. The van der Waals surface area contributed by atoms with Crippen molar-refractivity contribution in [2.24, 2.45) is 0 Å². The van der Waals surface area contributed by atoms with Crippen LogP contribution in [-0.2, 0) is 4.79 Å². The van der Waals surface area contributed by atoms with Gasteiger partial charge in [0.2, 0.25) is 5.91 Å². The molecule has 27 heavy (non-hydrogen) atoms. The zero-order chi connectivity index (χ0) is 19.4. The number of amides is 1. The number of carbonyl (C=O) groups is 1. The van der Waals surface area contributed by atoms with E-state index in [1.54, 1.807) is 30.3 Å². The zero-order valence-corrected chi connectivity index (χ0v) is 15.2. The van der Waals surface area contributed by atoms with Crippen molar-refractivity contribution in [3.05, 3.63) is 70.1 Å². The van der Waals surface area contributed by atoms with Crippen LogP contribution in [0.5, 0.6) is 11.5 Å². The number of ether oxygens (including phenoxy) is 2. The molecule has 0 aliphatic rings. The van der Waals surface area contributed by atoms with Crippen LogP contribution >= 0.6 is 0 Å². The number of hydrogen-bond acceptors (Lipinski definition) is 5. The number of fused-ring (bicyclic) bond motifs is 1. The van der Waals surface area contributed by atoms with E-state index in [0.717, 1.165) is 5.56 Å². The van der Waals surface area contributed by atoms with Gasteiger partial charge in [0.15, 0.2) is 16.9 Å². The summed E-state index contributed by atoms with van der Waals surface area (Å²) in [6.07, 6.45) is 4.06. The first-order chi connectivity index (χ1) is 13.0. The molecular weight excluding hydrogens is 346 g/mol. The highest BCUT2D eigenvalue weighted by Crippen LogP contribution is 2.29. The van der Waals surface area contributed by atoms with Crippen molar-refractivity contribution >= 4 is 28.6 Å².